The molecule has 3 rings (SSSR count). The maximum absolute atomic E-state index is 11.5. The minimum absolute atomic E-state index is 0.0221. The maximum Gasteiger partial charge on any atom is 0.308 e. The van der Waals surface area contributed by atoms with Crippen LogP contribution in [-0.4, -0.2) is 20.9 Å². The van der Waals surface area contributed by atoms with Crippen molar-refractivity contribution >= 4 is 16.9 Å². The Bertz CT molecular complexity index is 620. The summed E-state index contributed by atoms with van der Waals surface area (Å²) in [5.74, 6) is -0.399. The van der Waals surface area contributed by atoms with E-state index in [0.29, 0.717) is 5.92 Å². The molecular weight excluding hydrogens is 252 g/mol. The van der Waals surface area contributed by atoms with Crippen LogP contribution in [0.2, 0.25) is 0 Å². The number of benzene rings is 1. The van der Waals surface area contributed by atoms with Gasteiger partial charge in [-0.1, -0.05) is 31.5 Å². The number of carbonyl (C=O) groups is 1. The molecule has 1 saturated carbocycles. The fraction of sp³-hybridized carbons (Fsp3) is 0.500. The smallest absolute Gasteiger partial charge is 0.308 e. The summed E-state index contributed by atoms with van der Waals surface area (Å²) >= 11 is 0. The number of fused-ring (bicyclic) bond motifs is 1. The lowest BCUT2D eigenvalue weighted by molar-refractivity contribution is -0.145. The summed E-state index contributed by atoms with van der Waals surface area (Å²) in [6.45, 7) is 2.18. The molecule has 0 aliphatic heterocycles. The van der Waals surface area contributed by atoms with E-state index in [1.54, 1.807) is 0 Å². The predicted octanol–water partition coefficient (Wildman–Crippen LogP) is 3.49. The second kappa shape index (κ2) is 5.27. The predicted molar refractivity (Wildman–Crippen MR) is 77.5 cm³/mol. The van der Waals surface area contributed by atoms with Crippen LogP contribution in [0.1, 0.15) is 38.6 Å². The van der Waals surface area contributed by atoms with E-state index in [0.717, 1.165) is 36.6 Å². The Kier molecular flexibility index (Phi) is 3.47. The van der Waals surface area contributed by atoms with Crippen molar-refractivity contribution in [2.75, 3.05) is 0 Å². The summed E-state index contributed by atoms with van der Waals surface area (Å²) in [6, 6.07) is 7.99. The highest BCUT2D eigenvalue weighted by molar-refractivity contribution is 5.79. The van der Waals surface area contributed by atoms with Crippen LogP contribution in [0.4, 0.5) is 0 Å². The van der Waals surface area contributed by atoms with Gasteiger partial charge in [-0.3, -0.25) is 9.48 Å². The average Bonchev–Trinajstić information content (AvgIpc) is 2.90. The lowest BCUT2D eigenvalue weighted by atomic mass is 9.77. The first-order valence-electron chi connectivity index (χ1n) is 7.35. The fourth-order valence-electron chi connectivity index (χ4n) is 3.42. The molecule has 106 valence electrons. The lowest BCUT2D eigenvalue weighted by Gasteiger charge is -2.34. The number of aliphatic carboxylic acids is 1. The van der Waals surface area contributed by atoms with Crippen molar-refractivity contribution in [1.82, 2.24) is 9.78 Å². The highest BCUT2D eigenvalue weighted by Gasteiger charge is 2.36. The van der Waals surface area contributed by atoms with Crippen molar-refractivity contribution in [3.05, 3.63) is 30.5 Å². The van der Waals surface area contributed by atoms with Crippen LogP contribution in [0.25, 0.3) is 10.9 Å². The first-order chi connectivity index (χ1) is 9.70. The van der Waals surface area contributed by atoms with Gasteiger partial charge >= 0.3 is 5.97 Å². The van der Waals surface area contributed by atoms with E-state index < -0.39 is 5.97 Å². The number of hydrogen-bond donors (Lipinski definition) is 1. The molecule has 1 aromatic carbocycles. The van der Waals surface area contributed by atoms with E-state index in [-0.39, 0.29) is 12.0 Å². The molecule has 4 heteroatoms. The molecule has 0 saturated heterocycles. The molecule has 4 nitrogen and oxygen atoms in total. The Morgan fingerprint density at radius 2 is 2.20 bits per heavy atom. The Morgan fingerprint density at radius 3 is 2.95 bits per heavy atom. The minimum Gasteiger partial charge on any atom is -0.481 e. The van der Waals surface area contributed by atoms with Gasteiger partial charge in [-0.15, -0.1) is 0 Å². The van der Waals surface area contributed by atoms with Crippen molar-refractivity contribution < 1.29 is 9.90 Å². The van der Waals surface area contributed by atoms with Gasteiger partial charge in [0.25, 0.3) is 0 Å². The van der Waals surface area contributed by atoms with Crippen LogP contribution in [0, 0.1) is 11.8 Å². The first-order valence-corrected chi connectivity index (χ1v) is 7.35. The van der Waals surface area contributed by atoms with Crippen molar-refractivity contribution in [1.29, 1.82) is 0 Å². The second-order valence-electron chi connectivity index (χ2n) is 5.75. The minimum atomic E-state index is -0.691. The molecule has 1 aliphatic carbocycles. The van der Waals surface area contributed by atoms with Crippen LogP contribution in [-0.2, 0) is 4.79 Å². The molecule has 1 aromatic heterocycles. The van der Waals surface area contributed by atoms with E-state index in [9.17, 15) is 9.90 Å². The molecule has 1 N–H and O–H groups in total. The fourth-order valence-corrected chi connectivity index (χ4v) is 3.42. The molecule has 0 radical (unpaired) electrons. The molecule has 2 aromatic rings. The van der Waals surface area contributed by atoms with Gasteiger partial charge in [0.05, 0.1) is 23.7 Å². The Hall–Kier alpha value is -1.84. The van der Waals surface area contributed by atoms with Gasteiger partial charge in [0.1, 0.15) is 0 Å². The molecule has 3 atom stereocenters. The molecule has 1 heterocycles. The maximum atomic E-state index is 11.5. The number of nitrogens with zero attached hydrogens (tertiary/aromatic N) is 2. The van der Waals surface area contributed by atoms with Gasteiger partial charge in [-0.05, 0) is 31.2 Å². The van der Waals surface area contributed by atoms with E-state index in [2.05, 4.69) is 12.0 Å². The zero-order valence-electron chi connectivity index (χ0n) is 11.7. The first kappa shape index (κ1) is 13.2. The van der Waals surface area contributed by atoms with Gasteiger partial charge < -0.3 is 5.11 Å². The zero-order chi connectivity index (χ0) is 14.1. The van der Waals surface area contributed by atoms with Gasteiger partial charge in [-0.2, -0.15) is 5.10 Å². The quantitative estimate of drug-likeness (QED) is 0.930. The SMILES string of the molecule is CCC1CCC(C(=O)O)C(n2ncc3ccccc32)C1. The van der Waals surface area contributed by atoms with Gasteiger partial charge in [-0.25, -0.2) is 0 Å². The summed E-state index contributed by atoms with van der Waals surface area (Å²) in [5.41, 5.74) is 1.04. The monoisotopic (exact) mass is 272 g/mol. The summed E-state index contributed by atoms with van der Waals surface area (Å²) in [4.78, 5) is 11.5. The highest BCUT2D eigenvalue weighted by Crippen LogP contribution is 2.39. The lowest BCUT2D eigenvalue weighted by Crippen LogP contribution is -2.33. The number of para-hydroxylation sites is 1. The molecule has 3 unspecified atom stereocenters. The Morgan fingerprint density at radius 1 is 1.40 bits per heavy atom. The third-order valence-corrected chi connectivity index (χ3v) is 4.64. The largest absolute Gasteiger partial charge is 0.481 e. The van der Waals surface area contributed by atoms with E-state index >= 15 is 0 Å². The number of hydrogen-bond acceptors (Lipinski definition) is 2. The number of carboxylic acid groups (broad SMARTS) is 1. The highest BCUT2D eigenvalue weighted by atomic mass is 16.4. The van der Waals surface area contributed by atoms with Crippen molar-refractivity contribution in [2.45, 2.75) is 38.6 Å². The molecule has 1 aliphatic rings. The molecular formula is C16H20N2O2. The van der Waals surface area contributed by atoms with Gasteiger partial charge in [0.2, 0.25) is 0 Å². The Labute approximate surface area is 118 Å². The molecule has 0 bridgehead atoms. The third kappa shape index (κ3) is 2.19. The second-order valence-corrected chi connectivity index (χ2v) is 5.75. The van der Waals surface area contributed by atoms with Crippen molar-refractivity contribution in [2.24, 2.45) is 11.8 Å². The van der Waals surface area contributed by atoms with Gasteiger partial charge in [0, 0.05) is 5.39 Å². The van der Waals surface area contributed by atoms with Gasteiger partial charge in [0.15, 0.2) is 0 Å². The van der Waals surface area contributed by atoms with Crippen LogP contribution in [0.3, 0.4) is 0 Å². The van der Waals surface area contributed by atoms with Crippen LogP contribution >= 0.6 is 0 Å². The average molecular weight is 272 g/mol. The standard InChI is InChI=1S/C16H20N2O2/c1-2-11-7-8-13(16(19)20)15(9-11)18-14-6-4-3-5-12(14)10-17-18/h3-6,10-11,13,15H,2,7-9H2,1H3,(H,19,20). The van der Waals surface area contributed by atoms with Crippen LogP contribution in [0.15, 0.2) is 30.5 Å². The third-order valence-electron chi connectivity index (χ3n) is 4.64. The number of carboxylic acids is 1. The van der Waals surface area contributed by atoms with E-state index in [1.165, 1.54) is 0 Å². The van der Waals surface area contributed by atoms with E-state index in [1.807, 2.05) is 35.1 Å². The summed E-state index contributed by atoms with van der Waals surface area (Å²) in [7, 11) is 0. The summed E-state index contributed by atoms with van der Waals surface area (Å²) < 4.78 is 1.94. The molecule has 1 fully saturated rings. The van der Waals surface area contributed by atoms with Crippen molar-refractivity contribution in [3.63, 3.8) is 0 Å². The topological polar surface area (TPSA) is 55.1 Å². The zero-order valence-corrected chi connectivity index (χ0v) is 11.7. The summed E-state index contributed by atoms with van der Waals surface area (Å²) in [6.07, 6.45) is 5.64. The van der Waals surface area contributed by atoms with Crippen LogP contribution < -0.4 is 0 Å². The normalized spacial score (nSPS) is 26.8. The van der Waals surface area contributed by atoms with E-state index in [4.69, 9.17) is 0 Å². The number of aromatic nitrogens is 2. The Balaban J connectivity index is 2.01. The summed E-state index contributed by atoms with van der Waals surface area (Å²) in [5, 5.41) is 15.1. The molecule has 20 heavy (non-hydrogen) atoms. The molecule has 0 amide bonds. The number of rotatable bonds is 3. The molecule has 0 spiro atoms. The van der Waals surface area contributed by atoms with Crippen molar-refractivity contribution in [3.8, 4) is 0 Å². The van der Waals surface area contributed by atoms with Crippen LogP contribution in [0.5, 0.6) is 0 Å².